The van der Waals surface area contributed by atoms with E-state index in [1.54, 1.807) is 13.0 Å². The zero-order valence-corrected chi connectivity index (χ0v) is 14.4. The van der Waals surface area contributed by atoms with Crippen LogP contribution in [0.2, 0.25) is 0 Å². The van der Waals surface area contributed by atoms with Gasteiger partial charge in [-0.1, -0.05) is 17.3 Å². The topological polar surface area (TPSA) is 137 Å². The minimum Gasteiger partial charge on any atom is -0.508 e. The van der Waals surface area contributed by atoms with Crippen LogP contribution in [0.15, 0.2) is 29.5 Å². The number of fused-ring (bicyclic) bond motifs is 1. The zero-order chi connectivity index (χ0) is 19.3. The lowest BCUT2D eigenvalue weighted by Crippen LogP contribution is -2.26. The maximum atomic E-state index is 12.4. The molecule has 0 aliphatic carbocycles. The van der Waals surface area contributed by atoms with Crippen molar-refractivity contribution in [2.75, 3.05) is 0 Å². The summed E-state index contributed by atoms with van der Waals surface area (Å²) in [6.07, 6.45) is 0.858. The van der Waals surface area contributed by atoms with Crippen LogP contribution in [0.3, 0.4) is 0 Å². The second-order valence-corrected chi connectivity index (χ2v) is 6.48. The van der Waals surface area contributed by atoms with Gasteiger partial charge in [0.25, 0.3) is 0 Å². The van der Waals surface area contributed by atoms with Crippen molar-refractivity contribution in [1.29, 1.82) is 0 Å². The van der Waals surface area contributed by atoms with E-state index in [9.17, 15) is 30.1 Å². The van der Waals surface area contributed by atoms with Gasteiger partial charge >= 0.3 is 5.97 Å². The molecule has 0 saturated carbocycles. The predicted molar refractivity (Wildman–Crippen MR) is 92.9 cm³/mol. The van der Waals surface area contributed by atoms with E-state index in [2.05, 4.69) is 5.18 Å². The summed E-state index contributed by atoms with van der Waals surface area (Å²) in [5.74, 6) is -1.48. The number of hydrogen-bond donors (Lipinski definition) is 4. The Balaban J connectivity index is 2.40. The molecule has 4 atom stereocenters. The van der Waals surface area contributed by atoms with Crippen LogP contribution in [0.1, 0.15) is 42.1 Å². The molecule has 142 valence electrons. The van der Waals surface area contributed by atoms with Crippen molar-refractivity contribution in [3.05, 3.63) is 40.3 Å². The normalized spacial score (nSPS) is 29.1. The molecule has 26 heavy (non-hydrogen) atoms. The molecule has 1 aromatic rings. The summed E-state index contributed by atoms with van der Waals surface area (Å²) >= 11 is 0. The molecule has 0 fully saturated rings. The maximum absolute atomic E-state index is 12.4. The quantitative estimate of drug-likeness (QED) is 0.338. The molecule has 8 nitrogen and oxygen atoms in total. The number of nitrogens with zero attached hydrogens (tertiary/aromatic N) is 1. The molecule has 1 heterocycles. The molecule has 0 bridgehead atoms. The van der Waals surface area contributed by atoms with Gasteiger partial charge in [-0.2, -0.15) is 4.91 Å². The Morgan fingerprint density at radius 1 is 1.19 bits per heavy atom. The molecule has 0 amide bonds. The van der Waals surface area contributed by atoms with Gasteiger partial charge < -0.3 is 25.2 Å². The summed E-state index contributed by atoms with van der Waals surface area (Å²) in [4.78, 5) is 23.6. The fourth-order valence-corrected chi connectivity index (χ4v) is 2.87. The molecule has 4 N–H and O–H groups in total. The summed E-state index contributed by atoms with van der Waals surface area (Å²) in [7, 11) is 0. The van der Waals surface area contributed by atoms with E-state index in [1.165, 1.54) is 12.1 Å². The fourth-order valence-electron chi connectivity index (χ4n) is 2.87. The van der Waals surface area contributed by atoms with Crippen LogP contribution in [0.5, 0.6) is 11.5 Å². The lowest BCUT2D eigenvalue weighted by molar-refractivity contribution is 0.0330. The third-order valence-electron chi connectivity index (χ3n) is 4.29. The number of rotatable bonds is 1. The van der Waals surface area contributed by atoms with Crippen molar-refractivity contribution < 1.29 is 30.0 Å². The van der Waals surface area contributed by atoms with Gasteiger partial charge in [0, 0.05) is 12.5 Å². The Morgan fingerprint density at radius 2 is 1.92 bits per heavy atom. The Labute approximate surface area is 150 Å². The Hall–Kier alpha value is -2.45. The van der Waals surface area contributed by atoms with Gasteiger partial charge in [-0.05, 0) is 37.8 Å². The van der Waals surface area contributed by atoms with Gasteiger partial charge in [-0.25, -0.2) is 4.79 Å². The fraction of sp³-hybridized carbons (Fsp3) is 0.500. The van der Waals surface area contributed by atoms with Crippen LogP contribution in [0.4, 0.5) is 0 Å². The molecule has 1 aliphatic heterocycles. The number of nitroso groups, excluding NO2 is 1. The number of phenols is 2. The third kappa shape index (κ3) is 5.03. The van der Waals surface area contributed by atoms with E-state index in [0.29, 0.717) is 6.42 Å². The molecule has 0 radical (unpaired) electrons. The van der Waals surface area contributed by atoms with Crippen molar-refractivity contribution in [1.82, 2.24) is 0 Å². The highest BCUT2D eigenvalue weighted by atomic mass is 16.5. The average molecular weight is 365 g/mol. The average Bonchev–Trinajstić information content (AvgIpc) is 2.56. The van der Waals surface area contributed by atoms with Crippen LogP contribution in [-0.4, -0.2) is 50.7 Å². The van der Waals surface area contributed by atoms with Crippen molar-refractivity contribution in [3.8, 4) is 11.5 Å². The molecule has 1 aliphatic rings. The van der Waals surface area contributed by atoms with Crippen molar-refractivity contribution >= 4 is 5.97 Å². The van der Waals surface area contributed by atoms with Crippen molar-refractivity contribution in [3.63, 3.8) is 0 Å². The number of esters is 1. The second kappa shape index (κ2) is 8.77. The van der Waals surface area contributed by atoms with E-state index in [4.69, 9.17) is 4.74 Å². The van der Waals surface area contributed by atoms with Crippen LogP contribution in [0, 0.1) is 4.91 Å². The number of carbonyl (C=O) groups excluding carboxylic acids is 1. The first-order valence-corrected chi connectivity index (χ1v) is 8.43. The highest BCUT2D eigenvalue weighted by Gasteiger charge is 2.25. The molecule has 0 saturated heterocycles. The van der Waals surface area contributed by atoms with Crippen LogP contribution in [-0.2, 0) is 11.2 Å². The summed E-state index contributed by atoms with van der Waals surface area (Å²) in [6.45, 7) is 1.64. The third-order valence-corrected chi connectivity index (χ3v) is 4.29. The number of aliphatic hydroxyl groups excluding tert-OH is 2. The molecule has 0 spiro atoms. The van der Waals surface area contributed by atoms with E-state index >= 15 is 0 Å². The Kier molecular flexibility index (Phi) is 6.70. The summed E-state index contributed by atoms with van der Waals surface area (Å²) in [5, 5.41) is 42.7. The number of cyclic esters (lactones) is 1. The first-order chi connectivity index (χ1) is 12.3. The molecule has 0 aromatic heterocycles. The standard InChI is InChI=1S/C18H23NO7/c1-10-3-2-4-14(21)15(22)6-5-12(19-25)7-11-8-13(20)9-16(23)17(11)18(24)26-10/h2,4,8-10,12,14-15,20-23H,3,5-7H2,1H3/b4-2+/t10-,12?,14+,15-/m0/s1. The predicted octanol–water partition coefficient (Wildman–Crippen LogP) is 1.78. The highest BCUT2D eigenvalue weighted by molar-refractivity contribution is 5.94. The number of aromatic hydroxyl groups is 2. The zero-order valence-electron chi connectivity index (χ0n) is 14.4. The van der Waals surface area contributed by atoms with Gasteiger partial charge in [0.2, 0.25) is 0 Å². The highest BCUT2D eigenvalue weighted by Crippen LogP contribution is 2.30. The number of carbonyl (C=O) groups is 1. The molecule has 1 unspecified atom stereocenters. The SMILES string of the molecule is C[C@H]1C/C=C/[C@@H](O)[C@@H](O)CCC(N=O)Cc2cc(O)cc(O)c2C(=O)O1. The van der Waals surface area contributed by atoms with Crippen molar-refractivity contribution in [2.45, 2.75) is 57.0 Å². The molecule has 2 rings (SSSR count). The summed E-state index contributed by atoms with van der Waals surface area (Å²) < 4.78 is 5.29. The monoisotopic (exact) mass is 365 g/mol. The number of ether oxygens (including phenoxy) is 1. The van der Waals surface area contributed by atoms with Gasteiger partial charge in [0.05, 0.1) is 18.2 Å². The van der Waals surface area contributed by atoms with Gasteiger partial charge in [0.15, 0.2) is 0 Å². The summed E-state index contributed by atoms with van der Waals surface area (Å²) in [6, 6.07) is 1.49. The van der Waals surface area contributed by atoms with E-state index in [0.717, 1.165) is 6.07 Å². The second-order valence-electron chi connectivity index (χ2n) is 6.48. The van der Waals surface area contributed by atoms with Gasteiger partial charge in [0.1, 0.15) is 23.2 Å². The molecule has 8 heteroatoms. The Bertz CT molecular complexity index is 688. The van der Waals surface area contributed by atoms with Crippen LogP contribution >= 0.6 is 0 Å². The van der Waals surface area contributed by atoms with Crippen LogP contribution < -0.4 is 0 Å². The molecule has 1 aromatic carbocycles. The molecular weight excluding hydrogens is 342 g/mol. The number of benzene rings is 1. The minimum atomic E-state index is -1.10. The first-order valence-electron chi connectivity index (χ1n) is 8.43. The molecular formula is C18H23NO7. The van der Waals surface area contributed by atoms with Crippen molar-refractivity contribution in [2.24, 2.45) is 5.18 Å². The minimum absolute atomic E-state index is 0.0249. The van der Waals surface area contributed by atoms with E-state index < -0.39 is 36.1 Å². The number of aliphatic hydroxyl groups is 2. The lowest BCUT2D eigenvalue weighted by Gasteiger charge is -2.20. The van der Waals surface area contributed by atoms with Gasteiger partial charge in [-0.15, -0.1) is 0 Å². The van der Waals surface area contributed by atoms with E-state index in [-0.39, 0.29) is 36.1 Å². The number of hydrogen-bond acceptors (Lipinski definition) is 8. The van der Waals surface area contributed by atoms with Gasteiger partial charge in [-0.3, -0.25) is 0 Å². The maximum Gasteiger partial charge on any atom is 0.342 e. The van der Waals surface area contributed by atoms with E-state index in [1.807, 2.05) is 0 Å². The Morgan fingerprint density at radius 3 is 2.62 bits per heavy atom. The largest absolute Gasteiger partial charge is 0.508 e. The summed E-state index contributed by atoms with van der Waals surface area (Å²) in [5.41, 5.74) is 0.108. The first kappa shape index (κ1) is 19.9. The number of phenolic OH excluding ortho intramolecular Hbond substituents is 2. The smallest absolute Gasteiger partial charge is 0.342 e. The van der Waals surface area contributed by atoms with Crippen LogP contribution in [0.25, 0.3) is 0 Å². The lowest BCUT2D eigenvalue weighted by atomic mass is 9.95.